The molecule has 0 saturated heterocycles. The van der Waals surface area contributed by atoms with Gasteiger partial charge in [-0.05, 0) is 31.5 Å². The topological polar surface area (TPSA) is 35.0 Å². The fourth-order valence-corrected chi connectivity index (χ4v) is 1.79. The molecule has 0 atom stereocenters. The lowest BCUT2D eigenvalue weighted by molar-refractivity contribution is 0.452. The van der Waals surface area contributed by atoms with Crippen LogP contribution in [0, 0.1) is 6.92 Å². The number of aromatic nitrogens is 2. The minimum atomic E-state index is 0.379. The largest absolute Gasteiger partial charge is 0.437 e. The van der Waals surface area contributed by atoms with Crippen LogP contribution in [0.3, 0.4) is 0 Å². The zero-order chi connectivity index (χ0) is 13.0. The summed E-state index contributed by atoms with van der Waals surface area (Å²) in [4.78, 5) is 8.75. The van der Waals surface area contributed by atoms with Gasteiger partial charge in [-0.25, -0.2) is 4.98 Å². The Kier molecular flexibility index (Phi) is 4.15. The maximum absolute atomic E-state index is 5.77. The highest BCUT2D eigenvalue weighted by atomic mass is 35.5. The Morgan fingerprint density at radius 1 is 1.17 bits per heavy atom. The molecule has 0 amide bonds. The van der Waals surface area contributed by atoms with Gasteiger partial charge >= 0.3 is 0 Å². The van der Waals surface area contributed by atoms with E-state index in [4.69, 9.17) is 16.3 Å². The molecule has 0 aliphatic rings. The van der Waals surface area contributed by atoms with Crippen molar-refractivity contribution in [2.75, 3.05) is 0 Å². The van der Waals surface area contributed by atoms with E-state index in [0.717, 1.165) is 29.3 Å². The van der Waals surface area contributed by atoms with Crippen LogP contribution in [0.25, 0.3) is 0 Å². The van der Waals surface area contributed by atoms with Gasteiger partial charge in [0.2, 0.25) is 5.88 Å². The number of aryl methyl sites for hydroxylation is 2. The summed E-state index contributed by atoms with van der Waals surface area (Å²) >= 11 is 5.75. The van der Waals surface area contributed by atoms with Gasteiger partial charge in [0.1, 0.15) is 0 Å². The Hall–Kier alpha value is -1.61. The average Bonchev–Trinajstić information content (AvgIpc) is 2.41. The summed E-state index contributed by atoms with van der Waals surface area (Å²) in [7, 11) is 0. The number of alkyl halides is 1. The van der Waals surface area contributed by atoms with Crippen molar-refractivity contribution in [1.82, 2.24) is 9.97 Å². The molecule has 2 aromatic heterocycles. The standard InChI is InChI=1S/C14H15ClN2O/c1-3-12-13(8-7-10(2)16-12)18-14-6-4-5-11(9-15)17-14/h4-8H,3,9H2,1-2H3. The summed E-state index contributed by atoms with van der Waals surface area (Å²) in [6, 6.07) is 9.42. The number of hydrogen-bond acceptors (Lipinski definition) is 3. The average molecular weight is 263 g/mol. The lowest BCUT2D eigenvalue weighted by atomic mass is 10.2. The maximum atomic E-state index is 5.77. The zero-order valence-electron chi connectivity index (χ0n) is 10.5. The highest BCUT2D eigenvalue weighted by molar-refractivity contribution is 6.16. The van der Waals surface area contributed by atoms with Crippen LogP contribution in [0.5, 0.6) is 11.6 Å². The van der Waals surface area contributed by atoms with Crippen molar-refractivity contribution >= 4 is 11.6 Å². The Labute approximate surface area is 112 Å². The molecule has 0 fully saturated rings. The van der Waals surface area contributed by atoms with Gasteiger partial charge in [0, 0.05) is 11.8 Å². The number of hydrogen-bond donors (Lipinski definition) is 0. The van der Waals surface area contributed by atoms with Gasteiger partial charge in [0.25, 0.3) is 0 Å². The van der Waals surface area contributed by atoms with Crippen LogP contribution in [-0.4, -0.2) is 9.97 Å². The third-order valence-corrected chi connectivity index (χ3v) is 2.81. The number of pyridine rings is 2. The predicted molar refractivity (Wildman–Crippen MR) is 72.2 cm³/mol. The first kappa shape index (κ1) is 12.8. The Morgan fingerprint density at radius 3 is 2.72 bits per heavy atom. The monoisotopic (exact) mass is 262 g/mol. The lowest BCUT2D eigenvalue weighted by Gasteiger charge is -2.09. The number of nitrogens with zero attached hydrogens (tertiary/aromatic N) is 2. The first-order valence-corrected chi connectivity index (χ1v) is 6.42. The first-order valence-electron chi connectivity index (χ1n) is 5.89. The van der Waals surface area contributed by atoms with Gasteiger partial charge in [0.15, 0.2) is 5.75 Å². The van der Waals surface area contributed by atoms with Gasteiger partial charge in [-0.2, -0.15) is 0 Å². The minimum Gasteiger partial charge on any atom is -0.437 e. The van der Waals surface area contributed by atoms with E-state index in [0.29, 0.717) is 11.8 Å². The van der Waals surface area contributed by atoms with Gasteiger partial charge in [-0.1, -0.05) is 13.0 Å². The van der Waals surface area contributed by atoms with Crippen LogP contribution >= 0.6 is 11.6 Å². The predicted octanol–water partition coefficient (Wildman–Crippen LogP) is 3.88. The summed E-state index contributed by atoms with van der Waals surface area (Å²) in [5.74, 6) is 1.68. The van der Waals surface area contributed by atoms with E-state index in [1.165, 1.54) is 0 Å². The summed E-state index contributed by atoms with van der Waals surface area (Å²) in [6.45, 7) is 4.02. The molecule has 0 aliphatic heterocycles. The third kappa shape index (κ3) is 2.99. The van der Waals surface area contributed by atoms with Crippen molar-refractivity contribution in [3.8, 4) is 11.6 Å². The molecule has 2 aromatic rings. The van der Waals surface area contributed by atoms with Crippen LogP contribution in [0.4, 0.5) is 0 Å². The number of halogens is 1. The lowest BCUT2D eigenvalue weighted by Crippen LogP contribution is -1.97. The Balaban J connectivity index is 2.27. The molecule has 0 spiro atoms. The molecule has 0 aliphatic carbocycles. The molecule has 4 heteroatoms. The summed E-state index contributed by atoms with van der Waals surface area (Å²) in [5.41, 5.74) is 2.72. The molecule has 0 unspecified atom stereocenters. The molecule has 0 bridgehead atoms. The zero-order valence-corrected chi connectivity index (χ0v) is 11.2. The smallest absolute Gasteiger partial charge is 0.219 e. The normalized spacial score (nSPS) is 10.4. The molecule has 94 valence electrons. The second kappa shape index (κ2) is 5.83. The molecule has 0 saturated carbocycles. The second-order valence-electron chi connectivity index (χ2n) is 3.95. The van der Waals surface area contributed by atoms with Gasteiger partial charge in [-0.3, -0.25) is 4.98 Å². The molecular formula is C14H15ClN2O. The van der Waals surface area contributed by atoms with Crippen molar-refractivity contribution in [3.63, 3.8) is 0 Å². The van der Waals surface area contributed by atoms with Crippen molar-refractivity contribution in [2.45, 2.75) is 26.1 Å². The minimum absolute atomic E-state index is 0.379. The third-order valence-electron chi connectivity index (χ3n) is 2.54. The van der Waals surface area contributed by atoms with Gasteiger partial charge in [0.05, 0.1) is 17.3 Å². The Morgan fingerprint density at radius 2 is 2.00 bits per heavy atom. The molecule has 0 radical (unpaired) electrons. The van der Waals surface area contributed by atoms with E-state index in [1.54, 1.807) is 0 Å². The van der Waals surface area contributed by atoms with E-state index < -0.39 is 0 Å². The van der Waals surface area contributed by atoms with Crippen LogP contribution in [0.2, 0.25) is 0 Å². The first-order chi connectivity index (χ1) is 8.72. The van der Waals surface area contributed by atoms with Crippen molar-refractivity contribution in [3.05, 3.63) is 47.4 Å². The van der Waals surface area contributed by atoms with Crippen LogP contribution in [0.15, 0.2) is 30.3 Å². The molecule has 18 heavy (non-hydrogen) atoms. The van der Waals surface area contributed by atoms with Crippen LogP contribution in [-0.2, 0) is 12.3 Å². The van der Waals surface area contributed by atoms with Gasteiger partial charge in [-0.15, -0.1) is 11.6 Å². The fraction of sp³-hybridized carbons (Fsp3) is 0.286. The molecule has 3 nitrogen and oxygen atoms in total. The van der Waals surface area contributed by atoms with E-state index in [1.807, 2.05) is 37.3 Å². The number of rotatable bonds is 4. The SMILES string of the molecule is CCc1nc(C)ccc1Oc1cccc(CCl)n1. The van der Waals surface area contributed by atoms with E-state index >= 15 is 0 Å². The van der Waals surface area contributed by atoms with Crippen LogP contribution in [0.1, 0.15) is 24.0 Å². The van der Waals surface area contributed by atoms with E-state index in [9.17, 15) is 0 Å². The van der Waals surface area contributed by atoms with Crippen LogP contribution < -0.4 is 4.74 Å². The molecule has 0 aromatic carbocycles. The highest BCUT2D eigenvalue weighted by Gasteiger charge is 2.06. The van der Waals surface area contributed by atoms with Crippen molar-refractivity contribution < 1.29 is 4.74 Å². The second-order valence-corrected chi connectivity index (χ2v) is 4.22. The van der Waals surface area contributed by atoms with E-state index in [2.05, 4.69) is 16.9 Å². The fourth-order valence-electron chi connectivity index (χ4n) is 1.65. The summed E-state index contributed by atoms with van der Waals surface area (Å²) in [6.07, 6.45) is 0.826. The summed E-state index contributed by atoms with van der Waals surface area (Å²) in [5, 5.41) is 0. The molecule has 2 rings (SSSR count). The number of ether oxygens (including phenoxy) is 1. The Bertz CT molecular complexity index is 543. The molecular weight excluding hydrogens is 248 g/mol. The van der Waals surface area contributed by atoms with Crippen molar-refractivity contribution in [2.24, 2.45) is 0 Å². The summed E-state index contributed by atoms with van der Waals surface area (Å²) < 4.78 is 5.77. The maximum Gasteiger partial charge on any atom is 0.219 e. The molecule has 0 N–H and O–H groups in total. The molecule has 2 heterocycles. The van der Waals surface area contributed by atoms with E-state index in [-0.39, 0.29) is 0 Å². The van der Waals surface area contributed by atoms with Gasteiger partial charge < -0.3 is 4.74 Å². The highest BCUT2D eigenvalue weighted by Crippen LogP contribution is 2.23. The van der Waals surface area contributed by atoms with Crippen molar-refractivity contribution in [1.29, 1.82) is 0 Å². The quantitative estimate of drug-likeness (QED) is 0.785.